The quantitative estimate of drug-likeness (QED) is 0.658. The molecule has 0 unspecified atom stereocenters. The van der Waals surface area contributed by atoms with Crippen molar-refractivity contribution in [2.75, 3.05) is 20.1 Å². The SMILES string of the molecule is CCCN(C)Cc1cn[nH]c1.CCN(Cc1ccc(F)cc1)C(=O)C1CCCCC1. The van der Waals surface area contributed by atoms with Crippen molar-refractivity contribution >= 4 is 5.91 Å². The Morgan fingerprint density at radius 3 is 2.37 bits per heavy atom. The van der Waals surface area contributed by atoms with Crippen LogP contribution in [0.5, 0.6) is 0 Å². The molecule has 1 aromatic heterocycles. The first-order valence-electron chi connectivity index (χ1n) is 11.2. The number of aromatic amines is 1. The van der Waals surface area contributed by atoms with Gasteiger partial charge in [0.25, 0.3) is 0 Å². The highest BCUT2D eigenvalue weighted by Gasteiger charge is 2.25. The third-order valence-corrected chi connectivity index (χ3v) is 5.55. The highest BCUT2D eigenvalue weighted by Crippen LogP contribution is 2.26. The number of H-pyrrole nitrogens is 1. The van der Waals surface area contributed by atoms with E-state index >= 15 is 0 Å². The Kier molecular flexibility index (Phi) is 10.6. The molecule has 30 heavy (non-hydrogen) atoms. The van der Waals surface area contributed by atoms with Crippen molar-refractivity contribution in [2.45, 2.75) is 65.5 Å². The van der Waals surface area contributed by atoms with Crippen LogP contribution in [-0.4, -0.2) is 46.0 Å². The molecular formula is C24H37FN4O. The average Bonchev–Trinajstić information content (AvgIpc) is 3.27. The maximum Gasteiger partial charge on any atom is 0.225 e. The molecule has 0 aliphatic heterocycles. The van der Waals surface area contributed by atoms with Gasteiger partial charge in [0, 0.05) is 37.3 Å². The summed E-state index contributed by atoms with van der Waals surface area (Å²) in [5.74, 6) is 0.242. The third-order valence-electron chi connectivity index (χ3n) is 5.55. The van der Waals surface area contributed by atoms with Crippen molar-refractivity contribution in [1.82, 2.24) is 20.0 Å². The molecule has 0 bridgehead atoms. The van der Waals surface area contributed by atoms with E-state index in [4.69, 9.17) is 0 Å². The Bertz CT molecular complexity index is 711. The Morgan fingerprint density at radius 1 is 1.10 bits per heavy atom. The zero-order chi connectivity index (χ0) is 21.8. The Balaban J connectivity index is 0.000000248. The molecule has 166 valence electrons. The molecule has 0 radical (unpaired) electrons. The first-order valence-corrected chi connectivity index (χ1v) is 11.2. The fourth-order valence-corrected chi connectivity index (χ4v) is 3.90. The first kappa shape index (κ1) is 24.1. The van der Waals surface area contributed by atoms with Crippen LogP contribution in [0.1, 0.15) is 63.5 Å². The van der Waals surface area contributed by atoms with Gasteiger partial charge in [-0.05, 0) is 57.5 Å². The number of nitrogens with one attached hydrogen (secondary N) is 1. The highest BCUT2D eigenvalue weighted by atomic mass is 19.1. The Hall–Kier alpha value is -2.21. The van der Waals surface area contributed by atoms with E-state index in [1.54, 1.807) is 12.1 Å². The molecule has 1 aliphatic rings. The zero-order valence-electron chi connectivity index (χ0n) is 18.7. The fraction of sp³-hybridized carbons (Fsp3) is 0.583. The number of carbonyl (C=O) groups is 1. The second-order valence-corrected chi connectivity index (χ2v) is 8.16. The van der Waals surface area contributed by atoms with Gasteiger partial charge in [-0.25, -0.2) is 4.39 Å². The minimum Gasteiger partial charge on any atom is -0.338 e. The van der Waals surface area contributed by atoms with Gasteiger partial charge < -0.3 is 9.80 Å². The molecule has 6 heteroatoms. The van der Waals surface area contributed by atoms with Gasteiger partial charge >= 0.3 is 0 Å². The van der Waals surface area contributed by atoms with E-state index in [-0.39, 0.29) is 17.6 Å². The van der Waals surface area contributed by atoms with E-state index in [9.17, 15) is 9.18 Å². The van der Waals surface area contributed by atoms with Crippen LogP contribution in [0, 0.1) is 11.7 Å². The van der Waals surface area contributed by atoms with Crippen LogP contribution >= 0.6 is 0 Å². The van der Waals surface area contributed by atoms with Crippen molar-refractivity contribution in [3.8, 4) is 0 Å². The second kappa shape index (κ2) is 13.2. The van der Waals surface area contributed by atoms with Gasteiger partial charge in [0.2, 0.25) is 5.91 Å². The van der Waals surface area contributed by atoms with Crippen molar-refractivity contribution in [3.63, 3.8) is 0 Å². The molecule has 0 spiro atoms. The molecule has 1 N–H and O–H groups in total. The standard InChI is InChI=1S/C16H22FNO.C8H15N3/c1-2-18(12-13-8-10-15(17)11-9-13)16(19)14-6-4-3-5-7-14;1-3-4-11(2)7-8-5-9-10-6-8/h8-11,14H,2-7,12H2,1H3;5-6H,3-4,7H2,1-2H3,(H,9,10). The minimum absolute atomic E-state index is 0.203. The van der Waals surface area contributed by atoms with Crippen molar-refractivity contribution in [2.24, 2.45) is 5.92 Å². The number of benzene rings is 1. The molecule has 1 amide bonds. The summed E-state index contributed by atoms with van der Waals surface area (Å²) in [7, 11) is 2.12. The highest BCUT2D eigenvalue weighted by molar-refractivity contribution is 5.78. The number of nitrogens with zero attached hydrogens (tertiary/aromatic N) is 3. The summed E-state index contributed by atoms with van der Waals surface area (Å²) in [5.41, 5.74) is 2.24. The maximum atomic E-state index is 12.9. The van der Waals surface area contributed by atoms with E-state index < -0.39 is 0 Å². The molecule has 5 nitrogen and oxygen atoms in total. The van der Waals surface area contributed by atoms with Crippen LogP contribution in [-0.2, 0) is 17.9 Å². The van der Waals surface area contributed by atoms with E-state index in [2.05, 4.69) is 29.1 Å². The van der Waals surface area contributed by atoms with Gasteiger partial charge in [0.05, 0.1) is 6.20 Å². The lowest BCUT2D eigenvalue weighted by Gasteiger charge is -2.28. The van der Waals surface area contributed by atoms with Crippen LogP contribution < -0.4 is 0 Å². The summed E-state index contributed by atoms with van der Waals surface area (Å²) in [4.78, 5) is 16.6. The monoisotopic (exact) mass is 416 g/mol. The van der Waals surface area contributed by atoms with Crippen LogP contribution in [0.4, 0.5) is 4.39 Å². The normalized spacial score (nSPS) is 14.3. The summed E-state index contributed by atoms with van der Waals surface area (Å²) in [6.45, 7) is 7.63. The van der Waals surface area contributed by atoms with Gasteiger partial charge in [-0.3, -0.25) is 9.89 Å². The van der Waals surface area contributed by atoms with Crippen LogP contribution in [0.15, 0.2) is 36.7 Å². The summed E-state index contributed by atoms with van der Waals surface area (Å²) in [5, 5.41) is 6.68. The molecule has 1 heterocycles. The molecule has 1 saturated carbocycles. The van der Waals surface area contributed by atoms with E-state index in [1.165, 1.54) is 43.4 Å². The number of hydrogen-bond donors (Lipinski definition) is 1. The van der Waals surface area contributed by atoms with Gasteiger partial charge in [0.1, 0.15) is 5.82 Å². The maximum absolute atomic E-state index is 12.9. The third kappa shape index (κ3) is 8.27. The summed E-state index contributed by atoms with van der Waals surface area (Å²) in [6, 6.07) is 6.42. The number of aromatic nitrogens is 2. The number of carbonyl (C=O) groups excluding carboxylic acids is 1. The van der Waals surface area contributed by atoms with Crippen LogP contribution in [0.3, 0.4) is 0 Å². The van der Waals surface area contributed by atoms with Crippen LogP contribution in [0.2, 0.25) is 0 Å². The molecule has 2 aromatic rings. The van der Waals surface area contributed by atoms with E-state index in [0.29, 0.717) is 13.1 Å². The molecule has 1 fully saturated rings. The average molecular weight is 417 g/mol. The molecule has 0 saturated heterocycles. The van der Waals surface area contributed by atoms with Gasteiger partial charge in [-0.2, -0.15) is 5.10 Å². The number of halogens is 1. The minimum atomic E-state index is -0.231. The summed E-state index contributed by atoms with van der Waals surface area (Å²) >= 11 is 0. The summed E-state index contributed by atoms with van der Waals surface area (Å²) < 4.78 is 12.9. The lowest BCUT2D eigenvalue weighted by atomic mass is 9.88. The lowest BCUT2D eigenvalue weighted by molar-refractivity contribution is -0.137. The van der Waals surface area contributed by atoms with Crippen LogP contribution in [0.25, 0.3) is 0 Å². The number of rotatable bonds is 8. The lowest BCUT2D eigenvalue weighted by Crippen LogP contribution is -2.36. The smallest absolute Gasteiger partial charge is 0.225 e. The molecule has 0 atom stereocenters. The topological polar surface area (TPSA) is 52.2 Å². The van der Waals surface area contributed by atoms with E-state index in [1.807, 2.05) is 24.2 Å². The number of amides is 1. The first-order chi connectivity index (χ1) is 14.5. The molecule has 3 rings (SSSR count). The largest absolute Gasteiger partial charge is 0.338 e. The van der Waals surface area contributed by atoms with Crippen molar-refractivity contribution < 1.29 is 9.18 Å². The molecule has 1 aliphatic carbocycles. The molecular weight excluding hydrogens is 379 g/mol. The van der Waals surface area contributed by atoms with Gasteiger partial charge in [0.15, 0.2) is 0 Å². The Morgan fingerprint density at radius 2 is 1.80 bits per heavy atom. The van der Waals surface area contributed by atoms with Crippen molar-refractivity contribution in [1.29, 1.82) is 0 Å². The predicted molar refractivity (Wildman–Crippen MR) is 119 cm³/mol. The Labute approximate surface area is 180 Å². The fourth-order valence-electron chi connectivity index (χ4n) is 3.90. The predicted octanol–water partition coefficient (Wildman–Crippen LogP) is 5.01. The molecule has 1 aromatic carbocycles. The van der Waals surface area contributed by atoms with Gasteiger partial charge in [-0.15, -0.1) is 0 Å². The second-order valence-electron chi connectivity index (χ2n) is 8.16. The van der Waals surface area contributed by atoms with Gasteiger partial charge in [-0.1, -0.05) is 38.3 Å². The van der Waals surface area contributed by atoms with E-state index in [0.717, 1.165) is 31.5 Å². The van der Waals surface area contributed by atoms with Crippen molar-refractivity contribution in [3.05, 3.63) is 53.6 Å². The summed E-state index contributed by atoms with van der Waals surface area (Å²) in [6.07, 6.45) is 10.7. The number of hydrogen-bond acceptors (Lipinski definition) is 3. The zero-order valence-corrected chi connectivity index (χ0v) is 18.7.